The molecule has 1 N–H and O–H groups in total. The number of rotatable bonds is 3. The summed E-state index contributed by atoms with van der Waals surface area (Å²) in [6.07, 6.45) is 1.96. The van der Waals surface area contributed by atoms with Gasteiger partial charge in [-0.3, -0.25) is 4.79 Å². The average molecular weight is 307 g/mol. The van der Waals surface area contributed by atoms with Crippen LogP contribution in [0.2, 0.25) is 0 Å². The summed E-state index contributed by atoms with van der Waals surface area (Å²) in [7, 11) is 4.02. The van der Waals surface area contributed by atoms with Crippen molar-refractivity contribution in [1.29, 1.82) is 0 Å². The fourth-order valence-electron chi connectivity index (χ4n) is 2.64. The molecular formula is C19H21N3O. The summed E-state index contributed by atoms with van der Waals surface area (Å²) in [5.74, 6) is 0.000358. The van der Waals surface area contributed by atoms with E-state index in [0.717, 1.165) is 22.5 Å². The maximum absolute atomic E-state index is 12.7. The van der Waals surface area contributed by atoms with Crippen molar-refractivity contribution in [2.75, 3.05) is 24.0 Å². The van der Waals surface area contributed by atoms with Crippen molar-refractivity contribution in [1.82, 2.24) is 5.43 Å². The first-order valence-corrected chi connectivity index (χ1v) is 7.71. The van der Waals surface area contributed by atoms with Gasteiger partial charge in [-0.25, -0.2) is 10.4 Å². The molecule has 0 saturated carbocycles. The standard InChI is InChI=1S/C19H21N3O/c1-14-18(13-15-9-11-16(12-10-15)21(2)3)19(23)22(20-14)17-7-5-4-6-8-17/h4-14,20H,1-3H3/b18-13-. The Balaban J connectivity index is 1.86. The van der Waals surface area contributed by atoms with Gasteiger partial charge in [-0.1, -0.05) is 30.3 Å². The van der Waals surface area contributed by atoms with E-state index in [1.807, 2.05) is 69.6 Å². The molecule has 0 spiro atoms. The van der Waals surface area contributed by atoms with Gasteiger partial charge in [0.25, 0.3) is 5.91 Å². The molecule has 1 aliphatic rings. The predicted molar refractivity (Wildman–Crippen MR) is 95.3 cm³/mol. The van der Waals surface area contributed by atoms with E-state index in [0.29, 0.717) is 0 Å². The van der Waals surface area contributed by atoms with Crippen molar-refractivity contribution >= 4 is 23.4 Å². The van der Waals surface area contributed by atoms with Crippen LogP contribution in [0.25, 0.3) is 6.08 Å². The van der Waals surface area contributed by atoms with Crippen molar-refractivity contribution < 1.29 is 4.79 Å². The third-order valence-electron chi connectivity index (χ3n) is 3.99. The van der Waals surface area contributed by atoms with E-state index in [-0.39, 0.29) is 11.9 Å². The van der Waals surface area contributed by atoms with Gasteiger partial charge in [-0.2, -0.15) is 0 Å². The van der Waals surface area contributed by atoms with E-state index < -0.39 is 0 Å². The summed E-state index contributed by atoms with van der Waals surface area (Å²) in [5.41, 5.74) is 7.02. The Labute approximate surface area is 137 Å². The number of amides is 1. The summed E-state index contributed by atoms with van der Waals surface area (Å²) < 4.78 is 0. The molecule has 1 saturated heterocycles. The molecule has 3 rings (SSSR count). The number of hydrogen-bond donors (Lipinski definition) is 1. The zero-order valence-electron chi connectivity index (χ0n) is 13.7. The second-order valence-electron chi connectivity index (χ2n) is 5.91. The molecule has 1 fully saturated rings. The molecule has 1 heterocycles. The van der Waals surface area contributed by atoms with E-state index in [9.17, 15) is 4.79 Å². The quantitative estimate of drug-likeness (QED) is 0.885. The molecule has 1 aliphatic heterocycles. The Hall–Kier alpha value is -2.59. The van der Waals surface area contributed by atoms with Crippen LogP contribution in [-0.4, -0.2) is 26.0 Å². The van der Waals surface area contributed by atoms with Gasteiger partial charge in [0.05, 0.1) is 11.7 Å². The van der Waals surface area contributed by atoms with Gasteiger partial charge in [0, 0.05) is 25.4 Å². The fraction of sp³-hybridized carbons (Fsp3) is 0.211. The molecule has 118 valence electrons. The van der Waals surface area contributed by atoms with E-state index >= 15 is 0 Å². The number of hydrogen-bond acceptors (Lipinski definition) is 3. The first kappa shape index (κ1) is 15.3. The smallest absolute Gasteiger partial charge is 0.270 e. The SMILES string of the molecule is CC1NN(c2ccccc2)C(=O)/C1=C\c1ccc(N(C)C)cc1. The van der Waals surface area contributed by atoms with Gasteiger partial charge in [-0.15, -0.1) is 0 Å². The lowest BCUT2D eigenvalue weighted by Crippen LogP contribution is -2.36. The van der Waals surface area contributed by atoms with Crippen molar-refractivity contribution in [2.24, 2.45) is 0 Å². The van der Waals surface area contributed by atoms with Gasteiger partial charge in [0.15, 0.2) is 0 Å². The van der Waals surface area contributed by atoms with Gasteiger partial charge in [0.2, 0.25) is 0 Å². The monoisotopic (exact) mass is 307 g/mol. The lowest BCUT2D eigenvalue weighted by atomic mass is 10.1. The molecular weight excluding hydrogens is 286 g/mol. The van der Waals surface area contributed by atoms with E-state index in [1.54, 1.807) is 5.01 Å². The summed E-state index contributed by atoms with van der Waals surface area (Å²) >= 11 is 0. The van der Waals surface area contributed by atoms with Crippen LogP contribution in [-0.2, 0) is 4.79 Å². The van der Waals surface area contributed by atoms with Crippen molar-refractivity contribution in [2.45, 2.75) is 13.0 Å². The maximum Gasteiger partial charge on any atom is 0.270 e. The lowest BCUT2D eigenvalue weighted by molar-refractivity contribution is -0.114. The Kier molecular flexibility index (Phi) is 4.17. The Morgan fingerprint density at radius 1 is 1.04 bits per heavy atom. The summed E-state index contributed by atoms with van der Waals surface area (Å²) in [6, 6.07) is 17.8. The number of anilines is 2. The van der Waals surface area contributed by atoms with Crippen LogP contribution >= 0.6 is 0 Å². The summed E-state index contributed by atoms with van der Waals surface area (Å²) in [5, 5.41) is 1.62. The molecule has 0 aromatic heterocycles. The molecule has 1 unspecified atom stereocenters. The Morgan fingerprint density at radius 3 is 2.30 bits per heavy atom. The van der Waals surface area contributed by atoms with Gasteiger partial charge in [0.1, 0.15) is 0 Å². The zero-order chi connectivity index (χ0) is 16.4. The van der Waals surface area contributed by atoms with Crippen LogP contribution in [0.1, 0.15) is 12.5 Å². The highest BCUT2D eigenvalue weighted by molar-refractivity contribution is 6.11. The fourth-order valence-corrected chi connectivity index (χ4v) is 2.64. The molecule has 4 heteroatoms. The highest BCUT2D eigenvalue weighted by Crippen LogP contribution is 2.24. The molecule has 0 radical (unpaired) electrons. The molecule has 1 amide bonds. The summed E-state index contributed by atoms with van der Waals surface area (Å²) in [6.45, 7) is 2.00. The van der Waals surface area contributed by atoms with Crippen molar-refractivity contribution in [3.8, 4) is 0 Å². The lowest BCUT2D eigenvalue weighted by Gasteiger charge is -2.15. The van der Waals surface area contributed by atoms with Gasteiger partial charge in [-0.05, 0) is 42.8 Å². The van der Waals surface area contributed by atoms with Crippen molar-refractivity contribution in [3.05, 3.63) is 65.7 Å². The predicted octanol–water partition coefficient (Wildman–Crippen LogP) is 3.08. The maximum atomic E-state index is 12.7. The minimum atomic E-state index is -0.0174. The van der Waals surface area contributed by atoms with Crippen molar-refractivity contribution in [3.63, 3.8) is 0 Å². The molecule has 4 nitrogen and oxygen atoms in total. The second kappa shape index (κ2) is 6.26. The first-order valence-electron chi connectivity index (χ1n) is 7.71. The van der Waals surface area contributed by atoms with E-state index in [1.165, 1.54) is 0 Å². The van der Waals surface area contributed by atoms with Crippen LogP contribution in [0.15, 0.2) is 60.2 Å². The van der Waals surface area contributed by atoms with Gasteiger partial charge >= 0.3 is 0 Å². The molecule has 2 aromatic rings. The third kappa shape index (κ3) is 3.12. The summed E-state index contributed by atoms with van der Waals surface area (Å²) in [4.78, 5) is 14.7. The van der Waals surface area contributed by atoms with Crippen LogP contribution in [0.4, 0.5) is 11.4 Å². The largest absolute Gasteiger partial charge is 0.378 e. The molecule has 1 atom stereocenters. The number of nitrogens with one attached hydrogen (secondary N) is 1. The normalized spacial score (nSPS) is 19.4. The van der Waals surface area contributed by atoms with Crippen LogP contribution < -0.4 is 15.3 Å². The molecule has 0 bridgehead atoms. The molecule has 23 heavy (non-hydrogen) atoms. The highest BCUT2D eigenvalue weighted by atomic mass is 16.2. The van der Waals surface area contributed by atoms with Gasteiger partial charge < -0.3 is 4.90 Å². The first-order chi connectivity index (χ1) is 11.1. The van der Waals surface area contributed by atoms with Crippen LogP contribution in [0, 0.1) is 0 Å². The van der Waals surface area contributed by atoms with Crippen LogP contribution in [0.5, 0.6) is 0 Å². The number of para-hydroxylation sites is 1. The number of hydrazine groups is 1. The zero-order valence-corrected chi connectivity index (χ0v) is 13.7. The number of carbonyl (C=O) groups excluding carboxylic acids is 1. The topological polar surface area (TPSA) is 35.6 Å². The Bertz CT molecular complexity index is 720. The number of carbonyl (C=O) groups is 1. The van der Waals surface area contributed by atoms with Crippen LogP contribution in [0.3, 0.4) is 0 Å². The molecule has 0 aliphatic carbocycles. The van der Waals surface area contributed by atoms with E-state index in [2.05, 4.69) is 22.5 Å². The third-order valence-corrected chi connectivity index (χ3v) is 3.99. The highest BCUT2D eigenvalue weighted by Gasteiger charge is 2.32. The minimum absolute atomic E-state index is 0.000358. The Morgan fingerprint density at radius 2 is 1.70 bits per heavy atom. The average Bonchev–Trinajstić information content (AvgIpc) is 2.84. The minimum Gasteiger partial charge on any atom is -0.378 e. The second-order valence-corrected chi connectivity index (χ2v) is 5.91. The van der Waals surface area contributed by atoms with E-state index in [4.69, 9.17) is 0 Å². The molecule has 2 aromatic carbocycles. The number of nitrogens with zero attached hydrogens (tertiary/aromatic N) is 2. The number of benzene rings is 2.